The van der Waals surface area contributed by atoms with E-state index in [2.05, 4.69) is 0 Å². The molecular weight excluding hydrogens is 266 g/mol. The average Bonchev–Trinajstić information content (AvgIpc) is 2.10. The molecule has 0 aromatic heterocycles. The third-order valence-electron chi connectivity index (χ3n) is 1.87. The molecule has 1 rings (SSSR count). The molecule has 0 spiro atoms. The Morgan fingerprint density at radius 2 is 1.60 bits per heavy atom. The number of hydrogen-bond donors (Lipinski definition) is 1. The number of nitrogens with two attached hydrogens (primary N) is 1. The Labute approximate surface area is 101 Å². The van der Waals surface area contributed by atoms with Gasteiger partial charge in [-0.05, 0) is 24.1 Å². The SMILES string of the molecule is NC(Cc1c(Cl)cc(Cl)cc1Cl)C(F)F. The molecule has 1 unspecified atom stereocenters. The molecule has 1 atom stereocenters. The average molecular weight is 275 g/mol. The monoisotopic (exact) mass is 273 g/mol. The summed E-state index contributed by atoms with van der Waals surface area (Å²) < 4.78 is 24.4. The standard InChI is InChI=1S/C9H8Cl3F2N/c10-4-1-6(11)5(7(12)2-4)3-8(15)9(13)14/h1-2,8-9H,3,15H2. The van der Waals surface area contributed by atoms with Crippen molar-refractivity contribution < 1.29 is 8.78 Å². The molecular formula is C9H8Cl3F2N. The topological polar surface area (TPSA) is 26.0 Å². The summed E-state index contributed by atoms with van der Waals surface area (Å²) in [5, 5.41) is 0.867. The van der Waals surface area contributed by atoms with E-state index in [0.717, 1.165) is 0 Å². The van der Waals surface area contributed by atoms with Gasteiger partial charge < -0.3 is 5.73 Å². The fraction of sp³-hybridized carbons (Fsp3) is 0.333. The zero-order chi connectivity index (χ0) is 11.6. The van der Waals surface area contributed by atoms with E-state index in [-0.39, 0.29) is 16.5 Å². The molecule has 0 aliphatic heterocycles. The van der Waals surface area contributed by atoms with Crippen LogP contribution in [0.25, 0.3) is 0 Å². The summed E-state index contributed by atoms with van der Waals surface area (Å²) in [5.74, 6) is 0. The van der Waals surface area contributed by atoms with Gasteiger partial charge in [0.05, 0.1) is 6.04 Å². The van der Waals surface area contributed by atoms with Crippen LogP contribution in [0, 0.1) is 0 Å². The van der Waals surface area contributed by atoms with Crippen molar-refractivity contribution in [3.05, 3.63) is 32.8 Å². The zero-order valence-corrected chi connectivity index (χ0v) is 9.75. The molecule has 0 bridgehead atoms. The number of alkyl halides is 2. The molecule has 0 saturated heterocycles. The molecule has 2 N–H and O–H groups in total. The van der Waals surface area contributed by atoms with Crippen LogP contribution in [0.4, 0.5) is 8.78 Å². The molecule has 0 amide bonds. The maximum Gasteiger partial charge on any atom is 0.253 e. The molecule has 84 valence electrons. The van der Waals surface area contributed by atoms with Crippen LogP contribution in [-0.4, -0.2) is 12.5 Å². The van der Waals surface area contributed by atoms with Gasteiger partial charge in [-0.3, -0.25) is 0 Å². The van der Waals surface area contributed by atoms with E-state index in [4.69, 9.17) is 40.5 Å². The van der Waals surface area contributed by atoms with Crippen LogP contribution in [-0.2, 0) is 6.42 Å². The van der Waals surface area contributed by atoms with E-state index >= 15 is 0 Å². The van der Waals surface area contributed by atoms with Gasteiger partial charge in [0, 0.05) is 15.1 Å². The van der Waals surface area contributed by atoms with Crippen LogP contribution < -0.4 is 5.73 Å². The highest BCUT2D eigenvalue weighted by atomic mass is 35.5. The number of benzene rings is 1. The Kier molecular flexibility index (Phi) is 4.59. The predicted molar refractivity (Wildman–Crippen MR) is 59.2 cm³/mol. The first-order chi connectivity index (χ1) is 6.91. The van der Waals surface area contributed by atoms with E-state index in [1.165, 1.54) is 12.1 Å². The first kappa shape index (κ1) is 13.0. The Bertz CT molecular complexity index is 334. The maximum atomic E-state index is 12.2. The van der Waals surface area contributed by atoms with Gasteiger partial charge in [-0.15, -0.1) is 0 Å². The molecule has 0 radical (unpaired) electrons. The molecule has 15 heavy (non-hydrogen) atoms. The van der Waals surface area contributed by atoms with Crippen molar-refractivity contribution >= 4 is 34.8 Å². The quantitative estimate of drug-likeness (QED) is 0.892. The number of hydrogen-bond acceptors (Lipinski definition) is 1. The first-order valence-electron chi connectivity index (χ1n) is 4.09. The van der Waals surface area contributed by atoms with E-state index in [1.54, 1.807) is 0 Å². The summed E-state index contributed by atoms with van der Waals surface area (Å²) in [7, 11) is 0. The lowest BCUT2D eigenvalue weighted by atomic mass is 10.1. The predicted octanol–water partition coefficient (Wildman–Crippen LogP) is 3.78. The summed E-state index contributed by atoms with van der Waals surface area (Å²) in [6.07, 6.45) is -2.68. The molecule has 0 aliphatic carbocycles. The van der Waals surface area contributed by atoms with Gasteiger partial charge >= 0.3 is 0 Å². The van der Waals surface area contributed by atoms with Crippen molar-refractivity contribution in [1.29, 1.82) is 0 Å². The lowest BCUT2D eigenvalue weighted by Gasteiger charge is -2.13. The minimum atomic E-state index is -2.60. The summed E-state index contributed by atoms with van der Waals surface area (Å²) in [4.78, 5) is 0. The molecule has 0 saturated carbocycles. The molecule has 6 heteroatoms. The van der Waals surface area contributed by atoms with E-state index in [0.29, 0.717) is 10.6 Å². The summed E-state index contributed by atoms with van der Waals surface area (Å²) in [6.45, 7) is 0. The van der Waals surface area contributed by atoms with Crippen molar-refractivity contribution in [3.63, 3.8) is 0 Å². The Hall–Kier alpha value is -0.0900. The van der Waals surface area contributed by atoms with Crippen LogP contribution in [0.15, 0.2) is 12.1 Å². The number of rotatable bonds is 3. The smallest absolute Gasteiger partial charge is 0.253 e. The molecule has 1 aromatic rings. The second kappa shape index (κ2) is 5.30. The van der Waals surface area contributed by atoms with Crippen LogP contribution in [0.1, 0.15) is 5.56 Å². The summed E-state index contributed by atoms with van der Waals surface area (Å²) >= 11 is 17.3. The normalized spacial score (nSPS) is 13.3. The van der Waals surface area contributed by atoms with Gasteiger partial charge in [0.1, 0.15) is 0 Å². The van der Waals surface area contributed by atoms with Crippen molar-refractivity contribution in [2.75, 3.05) is 0 Å². The summed E-state index contributed by atoms with van der Waals surface area (Å²) in [5.41, 5.74) is 5.62. The maximum absolute atomic E-state index is 12.2. The Morgan fingerprint density at radius 3 is 2.00 bits per heavy atom. The summed E-state index contributed by atoms with van der Waals surface area (Å²) in [6, 6.07) is 1.62. The largest absolute Gasteiger partial charge is 0.323 e. The number of halogens is 5. The zero-order valence-electron chi connectivity index (χ0n) is 7.48. The second-order valence-corrected chi connectivity index (χ2v) is 4.30. The highest BCUT2D eigenvalue weighted by Gasteiger charge is 2.19. The Balaban J connectivity index is 2.95. The third kappa shape index (κ3) is 3.45. The molecule has 0 aliphatic rings. The van der Waals surface area contributed by atoms with E-state index < -0.39 is 12.5 Å². The van der Waals surface area contributed by atoms with Crippen LogP contribution in [0.3, 0.4) is 0 Å². The van der Waals surface area contributed by atoms with Crippen molar-refractivity contribution in [2.45, 2.75) is 18.9 Å². The third-order valence-corrected chi connectivity index (χ3v) is 2.76. The molecule has 0 heterocycles. The Morgan fingerprint density at radius 1 is 1.13 bits per heavy atom. The highest BCUT2D eigenvalue weighted by Crippen LogP contribution is 2.30. The minimum absolute atomic E-state index is 0.0769. The van der Waals surface area contributed by atoms with E-state index in [1.807, 2.05) is 0 Å². The second-order valence-electron chi connectivity index (χ2n) is 3.05. The van der Waals surface area contributed by atoms with Crippen molar-refractivity contribution in [2.24, 2.45) is 5.73 Å². The van der Waals surface area contributed by atoms with Gasteiger partial charge in [0.2, 0.25) is 0 Å². The fourth-order valence-electron chi connectivity index (χ4n) is 1.09. The van der Waals surface area contributed by atoms with E-state index in [9.17, 15) is 8.78 Å². The lowest BCUT2D eigenvalue weighted by Crippen LogP contribution is -2.31. The van der Waals surface area contributed by atoms with Gasteiger partial charge in [-0.2, -0.15) is 0 Å². The molecule has 1 aromatic carbocycles. The fourth-order valence-corrected chi connectivity index (χ4v) is 2.06. The lowest BCUT2D eigenvalue weighted by molar-refractivity contribution is 0.116. The highest BCUT2D eigenvalue weighted by molar-refractivity contribution is 6.39. The molecule has 1 nitrogen and oxygen atoms in total. The first-order valence-corrected chi connectivity index (χ1v) is 5.22. The van der Waals surface area contributed by atoms with Gasteiger partial charge in [0.15, 0.2) is 0 Å². The van der Waals surface area contributed by atoms with Gasteiger partial charge in [-0.25, -0.2) is 8.78 Å². The van der Waals surface area contributed by atoms with Crippen molar-refractivity contribution in [3.8, 4) is 0 Å². The van der Waals surface area contributed by atoms with Crippen molar-refractivity contribution in [1.82, 2.24) is 0 Å². The van der Waals surface area contributed by atoms with Crippen LogP contribution in [0.2, 0.25) is 15.1 Å². The molecule has 0 fully saturated rings. The minimum Gasteiger partial charge on any atom is -0.323 e. The van der Waals surface area contributed by atoms with Crippen LogP contribution in [0.5, 0.6) is 0 Å². The van der Waals surface area contributed by atoms with Crippen LogP contribution >= 0.6 is 34.8 Å². The van der Waals surface area contributed by atoms with Gasteiger partial charge in [0.25, 0.3) is 6.43 Å². The van der Waals surface area contributed by atoms with Gasteiger partial charge in [-0.1, -0.05) is 34.8 Å².